The predicted octanol–water partition coefficient (Wildman–Crippen LogP) is 3.15. The van der Waals surface area contributed by atoms with Crippen molar-refractivity contribution in [3.05, 3.63) is 35.3 Å². The zero-order valence-electron chi connectivity index (χ0n) is 12.7. The van der Waals surface area contributed by atoms with E-state index >= 15 is 0 Å². The summed E-state index contributed by atoms with van der Waals surface area (Å²) in [5, 5.41) is 15.7. The van der Waals surface area contributed by atoms with Crippen LogP contribution < -0.4 is 10.6 Å². The number of nitrogens with one attached hydrogen (secondary N) is 2. The van der Waals surface area contributed by atoms with Crippen molar-refractivity contribution in [2.45, 2.75) is 25.9 Å². The number of amides is 2. The summed E-state index contributed by atoms with van der Waals surface area (Å²) in [6.45, 7) is 2.40. The summed E-state index contributed by atoms with van der Waals surface area (Å²) in [5.41, 5.74) is 1.04. The number of carbonyl (C=O) groups is 1. The average molecular weight is 336 g/mol. The second kappa shape index (κ2) is 8.75. The Morgan fingerprint density at radius 1 is 1.32 bits per heavy atom. The summed E-state index contributed by atoms with van der Waals surface area (Å²) in [5.74, 6) is 1.04. The molecule has 2 aromatic rings. The maximum absolute atomic E-state index is 11.8. The number of nitrogens with zero attached hydrogens (tertiary/aromatic N) is 2. The lowest BCUT2D eigenvalue weighted by atomic mass is 10.2. The fraction of sp³-hybridized carbons (Fsp3) is 0.400. The van der Waals surface area contributed by atoms with Gasteiger partial charge in [-0.25, -0.2) is 4.79 Å². The van der Waals surface area contributed by atoms with Crippen molar-refractivity contribution in [2.75, 3.05) is 12.0 Å². The fourth-order valence-corrected chi connectivity index (χ4v) is 3.19. The van der Waals surface area contributed by atoms with Crippen LogP contribution in [0.4, 0.5) is 4.79 Å². The Balaban J connectivity index is 1.80. The number of thioether (sulfide) groups is 1. The lowest BCUT2D eigenvalue weighted by Gasteiger charge is -2.13. The van der Waals surface area contributed by atoms with Crippen molar-refractivity contribution in [2.24, 2.45) is 0 Å². The quantitative estimate of drug-likeness (QED) is 0.815. The van der Waals surface area contributed by atoms with Gasteiger partial charge in [-0.2, -0.15) is 11.8 Å². The zero-order chi connectivity index (χ0) is 15.8. The van der Waals surface area contributed by atoms with E-state index in [9.17, 15) is 4.79 Å². The first-order valence-corrected chi connectivity index (χ1v) is 9.31. The lowest BCUT2D eigenvalue weighted by Crippen LogP contribution is -2.40. The molecule has 1 atom stereocenters. The van der Waals surface area contributed by atoms with Gasteiger partial charge in [0.15, 0.2) is 0 Å². The first-order valence-electron chi connectivity index (χ1n) is 7.10. The van der Waals surface area contributed by atoms with Gasteiger partial charge in [0.05, 0.1) is 6.54 Å². The molecule has 1 aromatic heterocycles. The molecule has 1 aromatic carbocycles. The Morgan fingerprint density at radius 3 is 2.82 bits per heavy atom. The molecule has 0 aliphatic heterocycles. The molecule has 2 amide bonds. The van der Waals surface area contributed by atoms with Gasteiger partial charge in [-0.15, -0.1) is 10.2 Å². The van der Waals surface area contributed by atoms with Crippen molar-refractivity contribution in [3.63, 3.8) is 0 Å². The molecular weight excluding hydrogens is 316 g/mol. The summed E-state index contributed by atoms with van der Waals surface area (Å²) in [6.07, 6.45) is 3.03. The van der Waals surface area contributed by atoms with Gasteiger partial charge in [0.2, 0.25) is 0 Å². The Bertz CT molecular complexity index is 588. The van der Waals surface area contributed by atoms with Crippen molar-refractivity contribution in [1.82, 2.24) is 20.8 Å². The van der Waals surface area contributed by atoms with Gasteiger partial charge in [0.25, 0.3) is 0 Å². The minimum Gasteiger partial charge on any atom is -0.336 e. The van der Waals surface area contributed by atoms with Crippen LogP contribution in [-0.2, 0) is 6.54 Å². The second-order valence-corrected chi connectivity index (χ2v) is 6.92. The molecule has 0 radical (unpaired) electrons. The molecule has 1 heterocycles. The van der Waals surface area contributed by atoms with E-state index in [-0.39, 0.29) is 12.1 Å². The summed E-state index contributed by atoms with van der Waals surface area (Å²) in [6, 6.07) is 9.91. The van der Waals surface area contributed by atoms with E-state index in [0.717, 1.165) is 27.8 Å². The summed E-state index contributed by atoms with van der Waals surface area (Å²) in [4.78, 5) is 11.8. The number of hydrogen-bond donors (Lipinski definition) is 2. The van der Waals surface area contributed by atoms with Crippen LogP contribution in [0.15, 0.2) is 30.3 Å². The zero-order valence-corrected chi connectivity index (χ0v) is 14.3. The minimum absolute atomic E-state index is 0.162. The molecule has 5 nitrogen and oxygen atoms in total. The topological polar surface area (TPSA) is 66.9 Å². The highest BCUT2D eigenvalue weighted by Gasteiger charge is 2.09. The maximum Gasteiger partial charge on any atom is 0.315 e. The number of aromatic nitrogens is 2. The van der Waals surface area contributed by atoms with E-state index in [4.69, 9.17) is 0 Å². The molecule has 118 valence electrons. The third kappa shape index (κ3) is 5.31. The summed E-state index contributed by atoms with van der Waals surface area (Å²) in [7, 11) is 0. The van der Waals surface area contributed by atoms with E-state index in [1.54, 1.807) is 11.8 Å². The molecule has 2 rings (SSSR count). The van der Waals surface area contributed by atoms with Gasteiger partial charge in [0.1, 0.15) is 10.0 Å². The highest BCUT2D eigenvalue weighted by atomic mass is 32.2. The van der Waals surface area contributed by atoms with Crippen molar-refractivity contribution in [1.29, 1.82) is 0 Å². The monoisotopic (exact) mass is 336 g/mol. The van der Waals surface area contributed by atoms with Gasteiger partial charge in [0, 0.05) is 11.6 Å². The van der Waals surface area contributed by atoms with E-state index in [0.29, 0.717) is 6.54 Å². The molecule has 0 aliphatic carbocycles. The number of hydrogen-bond acceptors (Lipinski definition) is 5. The molecular formula is C15H20N4OS2. The van der Waals surface area contributed by atoms with Crippen molar-refractivity contribution in [3.8, 4) is 10.6 Å². The van der Waals surface area contributed by atoms with Gasteiger partial charge in [-0.05, 0) is 25.4 Å². The SMILES string of the molecule is CSCCC(C)NC(=O)NCc1nnc(-c2ccccc2)s1. The normalized spacial score (nSPS) is 11.9. The third-order valence-electron chi connectivity index (χ3n) is 3.02. The second-order valence-electron chi connectivity index (χ2n) is 4.88. The smallest absolute Gasteiger partial charge is 0.315 e. The molecule has 0 fully saturated rings. The van der Waals surface area contributed by atoms with Crippen LogP contribution in [0.5, 0.6) is 0 Å². The lowest BCUT2D eigenvalue weighted by molar-refractivity contribution is 0.237. The van der Waals surface area contributed by atoms with E-state index in [1.807, 2.05) is 37.3 Å². The molecule has 0 saturated carbocycles. The Labute approximate surface area is 138 Å². The van der Waals surface area contributed by atoms with Gasteiger partial charge >= 0.3 is 6.03 Å². The molecule has 1 unspecified atom stereocenters. The summed E-state index contributed by atoms with van der Waals surface area (Å²) >= 11 is 3.27. The van der Waals surface area contributed by atoms with Crippen LogP contribution in [-0.4, -0.2) is 34.3 Å². The first kappa shape index (κ1) is 16.8. The Hall–Kier alpha value is -1.60. The molecule has 7 heteroatoms. The summed E-state index contributed by atoms with van der Waals surface area (Å²) < 4.78 is 0. The highest BCUT2D eigenvalue weighted by molar-refractivity contribution is 7.98. The van der Waals surface area contributed by atoms with Crippen LogP contribution in [0, 0.1) is 0 Å². The van der Waals surface area contributed by atoms with Crippen LogP contribution in [0.3, 0.4) is 0 Å². The Kier molecular flexibility index (Phi) is 6.67. The number of carbonyl (C=O) groups excluding carboxylic acids is 1. The minimum atomic E-state index is -0.162. The standard InChI is InChI=1S/C15H20N4OS2/c1-11(8-9-21-2)17-15(20)16-10-13-18-19-14(22-13)12-6-4-3-5-7-12/h3-7,11H,8-10H2,1-2H3,(H2,16,17,20). The van der Waals surface area contributed by atoms with E-state index < -0.39 is 0 Å². The predicted molar refractivity (Wildman–Crippen MR) is 93.2 cm³/mol. The molecule has 22 heavy (non-hydrogen) atoms. The third-order valence-corrected chi connectivity index (χ3v) is 4.64. The largest absolute Gasteiger partial charge is 0.336 e. The molecule has 0 bridgehead atoms. The highest BCUT2D eigenvalue weighted by Crippen LogP contribution is 2.22. The average Bonchev–Trinajstić information content (AvgIpc) is 3.01. The van der Waals surface area contributed by atoms with Crippen molar-refractivity contribution < 1.29 is 4.79 Å². The number of urea groups is 1. The number of rotatable bonds is 7. The maximum atomic E-state index is 11.8. The van der Waals surface area contributed by atoms with Crippen molar-refractivity contribution >= 4 is 29.1 Å². The van der Waals surface area contributed by atoms with Crippen LogP contribution in [0.1, 0.15) is 18.4 Å². The van der Waals surface area contributed by atoms with Crippen LogP contribution in [0.2, 0.25) is 0 Å². The van der Waals surface area contributed by atoms with E-state index in [1.165, 1.54) is 11.3 Å². The molecule has 0 saturated heterocycles. The fourth-order valence-electron chi connectivity index (χ4n) is 1.82. The van der Waals surface area contributed by atoms with E-state index in [2.05, 4.69) is 27.1 Å². The molecule has 0 aliphatic rings. The Morgan fingerprint density at radius 2 is 2.09 bits per heavy atom. The van der Waals surface area contributed by atoms with Crippen LogP contribution in [0.25, 0.3) is 10.6 Å². The molecule has 0 spiro atoms. The van der Waals surface area contributed by atoms with Gasteiger partial charge in [-0.1, -0.05) is 41.7 Å². The molecule has 2 N–H and O–H groups in total. The van der Waals surface area contributed by atoms with Crippen LogP contribution >= 0.6 is 23.1 Å². The van der Waals surface area contributed by atoms with Gasteiger partial charge in [-0.3, -0.25) is 0 Å². The van der Waals surface area contributed by atoms with Gasteiger partial charge < -0.3 is 10.6 Å². The first-order chi connectivity index (χ1) is 10.7. The number of benzene rings is 1.